The molecule has 0 heterocycles. The van der Waals surface area contributed by atoms with Crippen molar-refractivity contribution in [2.75, 3.05) is 13.2 Å². The first-order chi connectivity index (χ1) is 9.13. The number of hydrogen-bond acceptors (Lipinski definition) is 3. The number of benzene rings is 1. The predicted molar refractivity (Wildman–Crippen MR) is 73.4 cm³/mol. The molecule has 0 bridgehead atoms. The normalized spacial score (nSPS) is 9.68. The lowest BCUT2D eigenvalue weighted by Crippen LogP contribution is -2.25. The van der Waals surface area contributed by atoms with E-state index in [9.17, 15) is 4.79 Å². The Labute approximate surface area is 113 Å². The Morgan fingerprint density at radius 1 is 1.42 bits per heavy atom. The van der Waals surface area contributed by atoms with Gasteiger partial charge >= 0.3 is 6.09 Å². The average molecular weight is 261 g/mol. The highest BCUT2D eigenvalue weighted by Gasteiger charge is 2.05. The van der Waals surface area contributed by atoms with Crippen molar-refractivity contribution in [2.24, 2.45) is 5.92 Å². The van der Waals surface area contributed by atoms with Gasteiger partial charge in [-0.25, -0.2) is 4.79 Å². The molecule has 0 aromatic heterocycles. The van der Waals surface area contributed by atoms with Crippen LogP contribution in [-0.2, 0) is 11.3 Å². The highest BCUT2D eigenvalue weighted by molar-refractivity contribution is 5.67. The summed E-state index contributed by atoms with van der Waals surface area (Å²) in [6.07, 6.45) is -0.432. The molecule has 19 heavy (non-hydrogen) atoms. The zero-order valence-electron chi connectivity index (χ0n) is 11.3. The van der Waals surface area contributed by atoms with Gasteiger partial charge < -0.3 is 15.2 Å². The molecule has 0 aliphatic rings. The first-order valence-corrected chi connectivity index (χ1v) is 6.21. The minimum Gasteiger partial charge on any atom is -0.449 e. The fraction of sp³-hybridized carbons (Fsp3) is 0.400. The topological polar surface area (TPSA) is 58.6 Å². The van der Waals surface area contributed by atoms with Crippen LogP contribution in [-0.4, -0.2) is 24.4 Å². The third-order valence-corrected chi connectivity index (χ3v) is 2.29. The zero-order chi connectivity index (χ0) is 14.1. The molecule has 1 amide bonds. The van der Waals surface area contributed by atoms with Gasteiger partial charge in [-0.05, 0) is 17.5 Å². The molecule has 0 radical (unpaired) electrons. The van der Waals surface area contributed by atoms with Crippen LogP contribution in [0.3, 0.4) is 0 Å². The van der Waals surface area contributed by atoms with E-state index >= 15 is 0 Å². The number of carbonyl (C=O) groups is 1. The summed E-state index contributed by atoms with van der Waals surface area (Å²) in [5.74, 6) is 5.75. The van der Waals surface area contributed by atoms with Crippen molar-refractivity contribution in [1.29, 1.82) is 0 Å². The van der Waals surface area contributed by atoms with Crippen LogP contribution >= 0.6 is 0 Å². The molecule has 4 heteroatoms. The zero-order valence-corrected chi connectivity index (χ0v) is 11.3. The third kappa shape index (κ3) is 5.94. The van der Waals surface area contributed by atoms with Crippen LogP contribution in [0.1, 0.15) is 25.0 Å². The van der Waals surface area contributed by atoms with Gasteiger partial charge in [0.2, 0.25) is 0 Å². The van der Waals surface area contributed by atoms with Gasteiger partial charge in [-0.1, -0.05) is 43.9 Å². The van der Waals surface area contributed by atoms with Crippen LogP contribution < -0.4 is 5.32 Å². The average Bonchev–Trinajstić information content (AvgIpc) is 2.41. The van der Waals surface area contributed by atoms with E-state index in [1.807, 2.05) is 38.1 Å². The monoisotopic (exact) mass is 261 g/mol. The molecule has 0 saturated heterocycles. The molecule has 1 aromatic rings. The Kier molecular flexibility index (Phi) is 6.48. The number of amides is 1. The van der Waals surface area contributed by atoms with E-state index in [-0.39, 0.29) is 6.61 Å². The summed E-state index contributed by atoms with van der Waals surface area (Å²) >= 11 is 0. The highest BCUT2D eigenvalue weighted by Crippen LogP contribution is 2.07. The molecule has 0 spiro atoms. The largest absolute Gasteiger partial charge is 0.449 e. The fourth-order valence-electron chi connectivity index (χ4n) is 1.39. The molecule has 0 aliphatic carbocycles. The van der Waals surface area contributed by atoms with E-state index in [4.69, 9.17) is 9.84 Å². The highest BCUT2D eigenvalue weighted by atomic mass is 16.5. The lowest BCUT2D eigenvalue weighted by atomic mass is 10.1. The molecule has 1 rings (SSSR count). The molecule has 0 atom stereocenters. The number of rotatable bonds is 4. The Morgan fingerprint density at radius 2 is 2.16 bits per heavy atom. The van der Waals surface area contributed by atoms with E-state index < -0.39 is 6.09 Å². The van der Waals surface area contributed by atoms with Gasteiger partial charge in [-0.3, -0.25) is 0 Å². The lowest BCUT2D eigenvalue weighted by molar-refractivity contribution is 0.132. The van der Waals surface area contributed by atoms with Gasteiger partial charge in [0, 0.05) is 12.1 Å². The fourth-order valence-corrected chi connectivity index (χ4v) is 1.39. The van der Waals surface area contributed by atoms with Gasteiger partial charge in [0.25, 0.3) is 0 Å². The maximum Gasteiger partial charge on any atom is 0.407 e. The van der Waals surface area contributed by atoms with Gasteiger partial charge in [0.05, 0.1) is 6.61 Å². The minimum atomic E-state index is -0.432. The second-order valence-electron chi connectivity index (χ2n) is 4.46. The van der Waals surface area contributed by atoms with Crippen LogP contribution in [0.5, 0.6) is 0 Å². The Balaban J connectivity index is 2.55. The summed E-state index contributed by atoms with van der Waals surface area (Å²) in [6, 6.07) is 7.46. The predicted octanol–water partition coefficient (Wildman–Crippen LogP) is 1.91. The van der Waals surface area contributed by atoms with Gasteiger partial charge in [-0.2, -0.15) is 0 Å². The van der Waals surface area contributed by atoms with Crippen molar-refractivity contribution < 1.29 is 14.6 Å². The molecule has 0 saturated carbocycles. The summed E-state index contributed by atoms with van der Waals surface area (Å²) in [5.41, 5.74) is 1.69. The van der Waals surface area contributed by atoms with Gasteiger partial charge in [-0.15, -0.1) is 0 Å². The van der Waals surface area contributed by atoms with Crippen molar-refractivity contribution in [2.45, 2.75) is 20.4 Å². The van der Waals surface area contributed by atoms with Crippen LogP contribution in [0.15, 0.2) is 24.3 Å². The smallest absolute Gasteiger partial charge is 0.407 e. The van der Waals surface area contributed by atoms with Crippen LogP contribution in [0.2, 0.25) is 0 Å². The summed E-state index contributed by atoms with van der Waals surface area (Å²) in [5, 5.41) is 11.4. The maximum absolute atomic E-state index is 11.4. The second-order valence-corrected chi connectivity index (χ2v) is 4.46. The summed E-state index contributed by atoms with van der Waals surface area (Å²) in [7, 11) is 0. The number of nitrogens with one attached hydrogen (secondary N) is 1. The molecule has 102 valence electrons. The Morgan fingerprint density at radius 3 is 2.84 bits per heavy atom. The Bertz CT molecular complexity index is 472. The van der Waals surface area contributed by atoms with E-state index in [2.05, 4.69) is 17.2 Å². The number of aliphatic hydroxyl groups is 1. The molecule has 1 aromatic carbocycles. The first kappa shape index (κ1) is 15.1. The lowest BCUT2D eigenvalue weighted by Gasteiger charge is -2.09. The SMILES string of the molecule is CC(C)COC(=O)NCc1ccccc1C#CCO. The van der Waals surface area contributed by atoms with Crippen LogP contribution in [0.25, 0.3) is 0 Å². The van der Waals surface area contributed by atoms with Crippen molar-refractivity contribution in [1.82, 2.24) is 5.32 Å². The molecule has 0 fully saturated rings. The van der Waals surface area contributed by atoms with E-state index in [1.165, 1.54) is 0 Å². The molecule has 0 aliphatic heterocycles. The second kappa shape index (κ2) is 8.17. The van der Waals surface area contributed by atoms with Crippen molar-refractivity contribution in [3.8, 4) is 11.8 Å². The Hall–Kier alpha value is -1.99. The van der Waals surface area contributed by atoms with Crippen molar-refractivity contribution in [3.05, 3.63) is 35.4 Å². The summed E-state index contributed by atoms with van der Waals surface area (Å²) in [4.78, 5) is 11.4. The van der Waals surface area contributed by atoms with Crippen LogP contribution in [0, 0.1) is 17.8 Å². The summed E-state index contributed by atoms with van der Waals surface area (Å²) < 4.78 is 5.02. The molecular formula is C15H19NO3. The standard InChI is InChI=1S/C15H19NO3/c1-12(2)11-19-15(18)16-10-14-7-4-3-6-13(14)8-5-9-17/h3-4,6-7,12,17H,9-11H2,1-2H3,(H,16,18). The number of carbonyl (C=O) groups excluding carboxylic acids is 1. The maximum atomic E-state index is 11.4. The van der Waals surface area contributed by atoms with Gasteiger partial charge in [0.15, 0.2) is 0 Å². The molecule has 0 unspecified atom stereocenters. The first-order valence-electron chi connectivity index (χ1n) is 6.21. The quantitative estimate of drug-likeness (QED) is 0.814. The van der Waals surface area contributed by atoms with E-state index in [0.717, 1.165) is 11.1 Å². The van der Waals surface area contributed by atoms with Crippen molar-refractivity contribution >= 4 is 6.09 Å². The molecular weight excluding hydrogens is 242 g/mol. The van der Waals surface area contributed by atoms with E-state index in [0.29, 0.717) is 19.1 Å². The number of alkyl carbamates (subject to hydrolysis) is 1. The minimum absolute atomic E-state index is 0.182. The van der Waals surface area contributed by atoms with Crippen molar-refractivity contribution in [3.63, 3.8) is 0 Å². The molecule has 2 N–H and O–H groups in total. The number of hydrogen-bond donors (Lipinski definition) is 2. The van der Waals surface area contributed by atoms with E-state index in [1.54, 1.807) is 0 Å². The number of aliphatic hydroxyl groups excluding tert-OH is 1. The number of ether oxygens (including phenoxy) is 1. The molecule has 4 nitrogen and oxygen atoms in total. The van der Waals surface area contributed by atoms with Gasteiger partial charge in [0.1, 0.15) is 6.61 Å². The summed E-state index contributed by atoms with van der Waals surface area (Å²) in [6.45, 7) is 4.53. The van der Waals surface area contributed by atoms with Crippen LogP contribution in [0.4, 0.5) is 4.79 Å². The third-order valence-electron chi connectivity index (χ3n) is 2.29.